The summed E-state index contributed by atoms with van der Waals surface area (Å²) in [6.07, 6.45) is 3.98. The van der Waals surface area contributed by atoms with E-state index >= 15 is 0 Å². The normalized spacial score (nSPS) is 14.8. The third-order valence-electron chi connectivity index (χ3n) is 2.53. The average molecular weight is 171 g/mol. The van der Waals surface area contributed by atoms with Gasteiger partial charge in [-0.15, -0.1) is 0 Å². The van der Waals surface area contributed by atoms with Gasteiger partial charge in [0.1, 0.15) is 0 Å². The largest absolute Gasteiger partial charge is 0.314 e. The zero-order valence-electron chi connectivity index (χ0n) is 9.41. The van der Waals surface area contributed by atoms with Crippen LogP contribution in [0.25, 0.3) is 0 Å². The maximum atomic E-state index is 3.56. The van der Waals surface area contributed by atoms with Crippen LogP contribution in [0.4, 0.5) is 0 Å². The van der Waals surface area contributed by atoms with Gasteiger partial charge in [-0.2, -0.15) is 0 Å². The molecule has 1 nitrogen and oxygen atoms in total. The Morgan fingerprint density at radius 1 is 1.17 bits per heavy atom. The molecule has 0 saturated carbocycles. The Balaban J connectivity index is 3.38. The Morgan fingerprint density at radius 2 is 1.75 bits per heavy atom. The highest BCUT2D eigenvalue weighted by Gasteiger charge is 2.18. The van der Waals surface area contributed by atoms with Gasteiger partial charge in [0.05, 0.1) is 0 Å². The zero-order chi connectivity index (χ0) is 9.61. The van der Waals surface area contributed by atoms with Crippen LogP contribution in [0.3, 0.4) is 0 Å². The maximum absolute atomic E-state index is 3.56. The van der Waals surface area contributed by atoms with Gasteiger partial charge in [-0.1, -0.05) is 40.5 Å². The first kappa shape index (κ1) is 12.0. The maximum Gasteiger partial charge on any atom is 0.00872 e. The molecule has 74 valence electrons. The van der Waals surface area contributed by atoms with Crippen molar-refractivity contribution < 1.29 is 0 Å². The Morgan fingerprint density at radius 3 is 2.17 bits per heavy atom. The number of rotatable bonds is 5. The van der Waals surface area contributed by atoms with Crippen LogP contribution in [0.5, 0.6) is 0 Å². The first-order valence-electron chi connectivity index (χ1n) is 5.22. The van der Waals surface area contributed by atoms with Crippen LogP contribution >= 0.6 is 0 Å². The van der Waals surface area contributed by atoms with Gasteiger partial charge in [0.15, 0.2) is 0 Å². The number of hydrogen-bond donors (Lipinski definition) is 1. The number of unbranched alkanes of at least 4 members (excludes halogenated alkanes) is 2. The molecule has 0 aromatic rings. The van der Waals surface area contributed by atoms with E-state index in [2.05, 4.69) is 39.9 Å². The zero-order valence-corrected chi connectivity index (χ0v) is 9.41. The van der Waals surface area contributed by atoms with Crippen molar-refractivity contribution in [2.45, 2.75) is 59.9 Å². The Kier molecular flexibility index (Phi) is 5.56. The highest BCUT2D eigenvalue weighted by molar-refractivity contribution is 4.75. The summed E-state index contributed by atoms with van der Waals surface area (Å²) in [4.78, 5) is 0. The van der Waals surface area contributed by atoms with Crippen LogP contribution in [-0.4, -0.2) is 12.6 Å². The Bertz CT molecular complexity index is 102. The molecule has 0 amide bonds. The van der Waals surface area contributed by atoms with E-state index in [9.17, 15) is 0 Å². The van der Waals surface area contributed by atoms with E-state index in [0.29, 0.717) is 11.5 Å². The minimum Gasteiger partial charge on any atom is -0.314 e. The van der Waals surface area contributed by atoms with Crippen LogP contribution in [-0.2, 0) is 0 Å². The van der Waals surface area contributed by atoms with Crippen molar-refractivity contribution in [1.29, 1.82) is 0 Å². The molecule has 1 N–H and O–H groups in total. The van der Waals surface area contributed by atoms with Gasteiger partial charge in [0.25, 0.3) is 0 Å². The van der Waals surface area contributed by atoms with E-state index in [0.717, 1.165) is 0 Å². The summed E-state index contributed by atoms with van der Waals surface area (Å²) in [7, 11) is 0. The lowest BCUT2D eigenvalue weighted by Gasteiger charge is -2.28. The molecule has 0 aliphatic rings. The summed E-state index contributed by atoms with van der Waals surface area (Å²) in [6.45, 7) is 12.5. The second-order valence-corrected chi connectivity index (χ2v) is 4.75. The molecule has 0 aromatic heterocycles. The molecule has 0 heterocycles. The molecule has 0 saturated heterocycles. The monoisotopic (exact) mass is 171 g/mol. The quantitative estimate of drug-likeness (QED) is 0.626. The average Bonchev–Trinajstić information content (AvgIpc) is 1.96. The van der Waals surface area contributed by atoms with Gasteiger partial charge in [-0.05, 0) is 25.3 Å². The molecule has 0 spiro atoms. The molecule has 0 rings (SSSR count). The summed E-state index contributed by atoms with van der Waals surface area (Å²) in [5.74, 6) is 0. The molecular weight excluding hydrogens is 146 g/mol. The molecule has 0 aliphatic carbocycles. The van der Waals surface area contributed by atoms with Crippen molar-refractivity contribution in [2.75, 3.05) is 6.54 Å². The summed E-state index contributed by atoms with van der Waals surface area (Å²) < 4.78 is 0. The van der Waals surface area contributed by atoms with Crippen molar-refractivity contribution in [1.82, 2.24) is 5.32 Å². The molecule has 0 bridgehead atoms. The lowest BCUT2D eigenvalue weighted by molar-refractivity contribution is 0.285. The molecule has 1 unspecified atom stereocenters. The number of hydrogen-bond acceptors (Lipinski definition) is 1. The van der Waals surface area contributed by atoms with Crippen LogP contribution in [0.1, 0.15) is 53.9 Å². The fourth-order valence-electron chi connectivity index (χ4n) is 1.000. The fourth-order valence-corrected chi connectivity index (χ4v) is 1.000. The van der Waals surface area contributed by atoms with Gasteiger partial charge in [0, 0.05) is 6.04 Å². The summed E-state index contributed by atoms with van der Waals surface area (Å²) in [5.41, 5.74) is 0.395. The predicted octanol–water partition coefficient (Wildman–Crippen LogP) is 3.20. The van der Waals surface area contributed by atoms with E-state index < -0.39 is 0 Å². The lowest BCUT2D eigenvalue weighted by Crippen LogP contribution is -2.38. The van der Waals surface area contributed by atoms with Crippen LogP contribution < -0.4 is 5.32 Å². The van der Waals surface area contributed by atoms with Gasteiger partial charge >= 0.3 is 0 Å². The van der Waals surface area contributed by atoms with E-state index in [-0.39, 0.29) is 0 Å². The summed E-state index contributed by atoms with van der Waals surface area (Å²) >= 11 is 0. The van der Waals surface area contributed by atoms with Crippen molar-refractivity contribution in [3.63, 3.8) is 0 Å². The van der Waals surface area contributed by atoms with Crippen LogP contribution in [0, 0.1) is 5.41 Å². The van der Waals surface area contributed by atoms with Crippen molar-refractivity contribution in [2.24, 2.45) is 5.41 Å². The van der Waals surface area contributed by atoms with E-state index in [1.807, 2.05) is 0 Å². The molecule has 0 aromatic carbocycles. The third kappa shape index (κ3) is 5.59. The van der Waals surface area contributed by atoms with Crippen LogP contribution in [0.15, 0.2) is 0 Å². The van der Waals surface area contributed by atoms with Crippen molar-refractivity contribution in [3.8, 4) is 0 Å². The standard InChI is InChI=1S/C11H25N/c1-6-7-8-9-12-10(2)11(3,4)5/h10,12H,6-9H2,1-5H3. The molecular formula is C11H25N. The topological polar surface area (TPSA) is 12.0 Å². The molecule has 12 heavy (non-hydrogen) atoms. The Hall–Kier alpha value is -0.0400. The first-order chi connectivity index (χ1) is 5.48. The van der Waals surface area contributed by atoms with Gasteiger partial charge in [0.2, 0.25) is 0 Å². The minimum absolute atomic E-state index is 0.395. The lowest BCUT2D eigenvalue weighted by atomic mass is 9.88. The van der Waals surface area contributed by atoms with E-state index in [1.54, 1.807) is 0 Å². The first-order valence-corrected chi connectivity index (χ1v) is 5.22. The van der Waals surface area contributed by atoms with Crippen molar-refractivity contribution >= 4 is 0 Å². The predicted molar refractivity (Wildman–Crippen MR) is 56.4 cm³/mol. The molecule has 1 atom stereocenters. The molecule has 0 radical (unpaired) electrons. The Labute approximate surface area is 77.9 Å². The van der Waals surface area contributed by atoms with E-state index in [1.165, 1.54) is 25.8 Å². The SMILES string of the molecule is CCCCCNC(C)C(C)(C)C. The van der Waals surface area contributed by atoms with Crippen LogP contribution in [0.2, 0.25) is 0 Å². The highest BCUT2D eigenvalue weighted by atomic mass is 14.9. The van der Waals surface area contributed by atoms with Gasteiger partial charge < -0.3 is 5.32 Å². The second-order valence-electron chi connectivity index (χ2n) is 4.75. The molecule has 0 aliphatic heterocycles. The smallest absolute Gasteiger partial charge is 0.00872 e. The minimum atomic E-state index is 0.395. The van der Waals surface area contributed by atoms with Gasteiger partial charge in [-0.3, -0.25) is 0 Å². The van der Waals surface area contributed by atoms with Gasteiger partial charge in [-0.25, -0.2) is 0 Å². The number of nitrogens with one attached hydrogen (secondary N) is 1. The highest BCUT2D eigenvalue weighted by Crippen LogP contribution is 2.18. The summed E-state index contributed by atoms with van der Waals surface area (Å²) in [6, 6.07) is 0.620. The molecule has 1 heteroatoms. The summed E-state index contributed by atoms with van der Waals surface area (Å²) in [5, 5.41) is 3.56. The third-order valence-corrected chi connectivity index (χ3v) is 2.53. The van der Waals surface area contributed by atoms with E-state index in [4.69, 9.17) is 0 Å². The fraction of sp³-hybridized carbons (Fsp3) is 1.00. The van der Waals surface area contributed by atoms with Crippen molar-refractivity contribution in [3.05, 3.63) is 0 Å². The second kappa shape index (κ2) is 5.58. The molecule has 0 fully saturated rings.